The lowest BCUT2D eigenvalue weighted by Crippen LogP contribution is -2.25. The number of nitriles is 1. The summed E-state index contributed by atoms with van der Waals surface area (Å²) >= 11 is 0. The number of carbonyl (C=O) groups is 2. The first kappa shape index (κ1) is 52.8. The minimum atomic E-state index is -0.443. The zero-order valence-corrected chi connectivity index (χ0v) is 44.4. The second kappa shape index (κ2) is 23.0. The van der Waals surface area contributed by atoms with Crippen LogP contribution < -0.4 is 22.1 Å². The number of hydrogen-bond donors (Lipinski definition) is 4. The summed E-state index contributed by atoms with van der Waals surface area (Å²) in [4.78, 5) is 35.6. The topological polar surface area (TPSA) is 195 Å². The van der Waals surface area contributed by atoms with Crippen molar-refractivity contribution in [1.82, 2.24) is 40.2 Å². The molecular weight excluding hydrogens is 1000 g/mol. The summed E-state index contributed by atoms with van der Waals surface area (Å²) in [5.74, 6) is 0.821. The van der Waals surface area contributed by atoms with E-state index in [1.807, 2.05) is 111 Å². The van der Waals surface area contributed by atoms with Gasteiger partial charge in [0.2, 0.25) is 0 Å². The number of hydrogen-bond acceptors (Lipinski definition) is 11. The van der Waals surface area contributed by atoms with E-state index in [-0.39, 0.29) is 36.5 Å². The van der Waals surface area contributed by atoms with Crippen molar-refractivity contribution in [3.63, 3.8) is 0 Å². The molecule has 2 atom stereocenters. The molecule has 0 amide bonds. The molecular formula is C65H59F2N11O2. The van der Waals surface area contributed by atoms with Crippen LogP contribution in [0.5, 0.6) is 0 Å². The second-order valence-electron chi connectivity index (χ2n) is 21.0. The predicted molar refractivity (Wildman–Crippen MR) is 308 cm³/mol. The third-order valence-electron chi connectivity index (χ3n) is 14.9. The molecule has 12 rings (SSSR count). The molecule has 13 nitrogen and oxygen atoms in total. The first-order valence-electron chi connectivity index (χ1n) is 26.9. The van der Waals surface area contributed by atoms with E-state index in [2.05, 4.69) is 49.0 Å². The van der Waals surface area contributed by atoms with Crippen LogP contribution in [0.15, 0.2) is 164 Å². The highest BCUT2D eigenvalue weighted by Crippen LogP contribution is 2.34. The number of Topliss-reactive ketones (excluding diaryl/α,β-unsaturated/α-hetero) is 2. The second-order valence-corrected chi connectivity index (χ2v) is 21.0. The van der Waals surface area contributed by atoms with Crippen molar-refractivity contribution in [3.8, 4) is 17.4 Å². The van der Waals surface area contributed by atoms with Crippen LogP contribution in [0.25, 0.3) is 32.9 Å². The Balaban J connectivity index is 0.000000169. The van der Waals surface area contributed by atoms with Crippen LogP contribution in [0.3, 0.4) is 0 Å². The number of rotatable bonds is 18. The number of nitrogens with zero attached hydrogens (tertiary/aromatic N) is 7. The van der Waals surface area contributed by atoms with Crippen LogP contribution in [0.2, 0.25) is 0 Å². The van der Waals surface area contributed by atoms with Crippen molar-refractivity contribution in [2.45, 2.75) is 64.5 Å². The Hall–Kier alpha value is -9.23. The molecule has 4 aromatic heterocycles. The van der Waals surface area contributed by atoms with Crippen molar-refractivity contribution in [2.75, 3.05) is 24.6 Å². The van der Waals surface area contributed by atoms with Crippen LogP contribution in [0, 0.1) is 48.6 Å². The van der Waals surface area contributed by atoms with Gasteiger partial charge in [-0.1, -0.05) is 78.9 Å². The van der Waals surface area contributed by atoms with Crippen LogP contribution >= 0.6 is 0 Å². The molecule has 0 aliphatic heterocycles. The van der Waals surface area contributed by atoms with E-state index < -0.39 is 11.6 Å². The third kappa shape index (κ3) is 11.9. The number of aryl methyl sites for hydroxylation is 2. The van der Waals surface area contributed by atoms with E-state index in [0.29, 0.717) is 74.3 Å². The zero-order chi connectivity index (χ0) is 55.4. The highest BCUT2D eigenvalue weighted by Gasteiger charge is 2.27. The molecule has 400 valence electrons. The molecule has 2 aliphatic rings. The lowest BCUT2D eigenvalue weighted by atomic mass is 9.94. The molecule has 80 heavy (non-hydrogen) atoms. The molecule has 10 aromatic rings. The molecule has 0 bridgehead atoms. The lowest BCUT2D eigenvalue weighted by Gasteiger charge is -2.21. The highest BCUT2D eigenvalue weighted by atomic mass is 19.1. The van der Waals surface area contributed by atoms with Gasteiger partial charge in [0, 0.05) is 36.0 Å². The van der Waals surface area contributed by atoms with Gasteiger partial charge in [-0.3, -0.25) is 9.59 Å². The molecule has 15 heteroatoms. The highest BCUT2D eigenvalue weighted by molar-refractivity contribution is 5.98. The van der Waals surface area contributed by atoms with Gasteiger partial charge in [-0.2, -0.15) is 15.5 Å². The molecule has 4 heterocycles. The fourth-order valence-corrected chi connectivity index (χ4v) is 10.3. The van der Waals surface area contributed by atoms with Crippen LogP contribution in [-0.2, 0) is 12.8 Å². The van der Waals surface area contributed by atoms with Crippen molar-refractivity contribution in [2.24, 2.45) is 11.8 Å². The van der Waals surface area contributed by atoms with Crippen LogP contribution in [0.1, 0.15) is 109 Å². The van der Waals surface area contributed by atoms with E-state index in [1.165, 1.54) is 37.8 Å². The fourth-order valence-electron chi connectivity index (χ4n) is 10.3. The van der Waals surface area contributed by atoms with E-state index in [4.69, 9.17) is 11.5 Å². The number of halogens is 2. The molecule has 0 radical (unpaired) electrons. The maximum atomic E-state index is 15.1. The zero-order valence-electron chi connectivity index (χ0n) is 44.4. The minimum Gasteiger partial charge on any atom is -0.383 e. The molecule has 2 fully saturated rings. The first-order valence-corrected chi connectivity index (χ1v) is 26.9. The third-order valence-corrected chi connectivity index (χ3v) is 14.9. The molecule has 0 saturated heterocycles. The summed E-state index contributed by atoms with van der Waals surface area (Å²) in [7, 11) is 0. The number of benzene rings is 6. The van der Waals surface area contributed by atoms with Gasteiger partial charge in [0.15, 0.2) is 11.6 Å². The first-order chi connectivity index (χ1) is 38.8. The van der Waals surface area contributed by atoms with Gasteiger partial charge in [0.1, 0.15) is 34.7 Å². The Kier molecular flexibility index (Phi) is 15.2. The Morgan fingerprint density at radius 1 is 0.575 bits per heavy atom. The summed E-state index contributed by atoms with van der Waals surface area (Å²) in [5.41, 5.74) is 20.7. The van der Waals surface area contributed by atoms with Crippen molar-refractivity contribution in [1.29, 1.82) is 5.26 Å². The van der Waals surface area contributed by atoms with Crippen molar-refractivity contribution < 1.29 is 18.4 Å². The summed E-state index contributed by atoms with van der Waals surface area (Å²) in [6, 6.07) is 48.0. The number of nitrogen functional groups attached to an aromatic ring is 2. The Bertz CT molecular complexity index is 3990. The van der Waals surface area contributed by atoms with Crippen LogP contribution in [0.4, 0.5) is 20.4 Å². The Morgan fingerprint density at radius 3 is 1.51 bits per heavy atom. The lowest BCUT2D eigenvalue weighted by molar-refractivity contribution is 0.0976. The maximum absolute atomic E-state index is 15.1. The summed E-state index contributed by atoms with van der Waals surface area (Å²) in [6.07, 6.45) is 7.97. The van der Waals surface area contributed by atoms with Gasteiger partial charge in [0.25, 0.3) is 0 Å². The number of carbonyl (C=O) groups excluding carboxylic acids is 2. The fraction of sp³-hybridized carbons (Fsp3) is 0.215. The monoisotopic (exact) mass is 1060 g/mol. The van der Waals surface area contributed by atoms with E-state index in [9.17, 15) is 14.9 Å². The Labute approximate surface area is 462 Å². The van der Waals surface area contributed by atoms with Gasteiger partial charge >= 0.3 is 0 Å². The summed E-state index contributed by atoms with van der Waals surface area (Å²) < 4.78 is 33.4. The van der Waals surface area contributed by atoms with Gasteiger partial charge < -0.3 is 22.1 Å². The van der Waals surface area contributed by atoms with E-state index >= 15 is 8.78 Å². The standard InChI is InChI=1S/C33H29FN6O.C32H30FN5O/c1-20-13-30(40(39-20)27-9-7-23-11-12-37-33(36)28(23)17-27)31(41)16-26-15-25(8-10-29(26)34)32(38-19-21-5-6-21)24-4-2-3-22(14-24)18-35;1-20-15-29(38(37-20)26-11-9-22-13-14-35-32(34)27(22)18-26)30(39)17-25-16-24(10-12-28(25)33)31(36-19-21-7-8-21)23-5-3-2-4-6-23/h2-4,7-15,17,21,32,38H,5-6,16,19H2,1H3,(H2,36,37);2-6,9-16,18,21,31,36H,7-8,17,19H2,1H3,(H2,34,35). The van der Waals surface area contributed by atoms with Gasteiger partial charge in [-0.05, 0) is 181 Å². The SMILES string of the molecule is Cc1cc(C(=O)Cc2cc(C(NCC3CC3)c3cccc(C#N)c3)ccc2F)n(-c2ccc3ccnc(N)c3c2)n1.Cc1cc(C(=O)Cc2cc(C(NCC3CC3)c3ccccc3)ccc2F)n(-c2ccc3ccnc(N)c3c2)n1. The number of fused-ring (bicyclic) bond motifs is 2. The minimum absolute atomic E-state index is 0.0772. The van der Waals surface area contributed by atoms with Crippen LogP contribution in [-0.4, -0.2) is 54.2 Å². The molecule has 2 aliphatic carbocycles. The van der Waals surface area contributed by atoms with Gasteiger partial charge in [-0.25, -0.2) is 28.1 Å². The number of aromatic nitrogens is 6. The quantitative estimate of drug-likeness (QED) is 0.0597. The largest absolute Gasteiger partial charge is 0.383 e. The summed E-state index contributed by atoms with van der Waals surface area (Å²) in [6.45, 7) is 5.39. The summed E-state index contributed by atoms with van der Waals surface area (Å²) in [5, 5.41) is 29.2. The molecule has 2 unspecified atom stereocenters. The number of anilines is 2. The van der Waals surface area contributed by atoms with Crippen molar-refractivity contribution in [3.05, 3.63) is 237 Å². The average Bonchev–Trinajstić information content (AvgIpc) is 4.53. The van der Waals surface area contributed by atoms with Crippen molar-refractivity contribution >= 4 is 44.7 Å². The maximum Gasteiger partial charge on any atom is 0.185 e. The molecule has 2 saturated carbocycles. The molecule has 6 aromatic carbocycles. The number of ketones is 2. The average molecular weight is 1060 g/mol. The van der Waals surface area contributed by atoms with Gasteiger partial charge in [-0.15, -0.1) is 0 Å². The van der Waals surface area contributed by atoms with E-state index in [1.54, 1.807) is 52.1 Å². The Morgan fingerprint density at radius 2 is 1.04 bits per heavy atom. The predicted octanol–water partition coefficient (Wildman–Crippen LogP) is 11.8. The molecule has 6 N–H and O–H groups in total. The number of nitrogens with one attached hydrogen (secondary N) is 2. The normalized spacial score (nSPS) is 13.8. The number of nitrogens with two attached hydrogens (primary N) is 2. The van der Waals surface area contributed by atoms with Gasteiger partial charge in [0.05, 0.1) is 46.5 Å². The van der Waals surface area contributed by atoms with E-state index in [0.717, 1.165) is 56.9 Å². The smallest absolute Gasteiger partial charge is 0.185 e. The number of pyridine rings is 2. The molecule has 0 spiro atoms.